The fourth-order valence-electron chi connectivity index (χ4n) is 2.99. The number of carbonyl (C=O) groups excluding carboxylic acids is 2. The summed E-state index contributed by atoms with van der Waals surface area (Å²) in [5.74, 6) is -0.602. The van der Waals surface area contributed by atoms with Crippen molar-refractivity contribution in [1.29, 1.82) is 0 Å². The summed E-state index contributed by atoms with van der Waals surface area (Å²) >= 11 is 0. The van der Waals surface area contributed by atoms with E-state index in [1.54, 1.807) is 30.3 Å². The van der Waals surface area contributed by atoms with Crippen molar-refractivity contribution in [3.05, 3.63) is 95.6 Å². The summed E-state index contributed by atoms with van der Waals surface area (Å²) in [5, 5.41) is 2.98. The molecule has 0 saturated heterocycles. The van der Waals surface area contributed by atoms with Crippen LogP contribution in [0, 0.1) is 0 Å². The molecule has 0 saturated carbocycles. The Balaban J connectivity index is 0.00000300. The van der Waals surface area contributed by atoms with Gasteiger partial charge in [-0.05, 0) is 41.0 Å². The first kappa shape index (κ1) is 22.1. The molecule has 3 aromatic rings. The van der Waals surface area contributed by atoms with Gasteiger partial charge in [-0.3, -0.25) is 4.79 Å². The van der Waals surface area contributed by atoms with E-state index in [2.05, 4.69) is 5.32 Å². The van der Waals surface area contributed by atoms with Crippen molar-refractivity contribution in [3.8, 4) is 11.1 Å². The summed E-state index contributed by atoms with van der Waals surface area (Å²) in [6.07, 6.45) is 0. The highest BCUT2D eigenvalue weighted by atomic mass is 35.5. The third-order valence-electron chi connectivity index (χ3n) is 4.48. The number of nitrogens with one attached hydrogen (secondary N) is 1. The van der Waals surface area contributed by atoms with Gasteiger partial charge in [0.1, 0.15) is 0 Å². The van der Waals surface area contributed by atoms with E-state index in [4.69, 9.17) is 10.5 Å². The highest BCUT2D eigenvalue weighted by molar-refractivity contribution is 5.96. The third-order valence-corrected chi connectivity index (χ3v) is 4.48. The number of hydrogen-bond donors (Lipinski definition) is 2. The van der Waals surface area contributed by atoms with Crippen LogP contribution in [0.2, 0.25) is 0 Å². The zero-order valence-corrected chi connectivity index (χ0v) is 16.8. The van der Waals surface area contributed by atoms with Crippen molar-refractivity contribution in [2.75, 3.05) is 13.7 Å². The molecule has 3 aromatic carbocycles. The Bertz CT molecular complexity index is 977. The molecule has 3 N–H and O–H groups in total. The van der Waals surface area contributed by atoms with Gasteiger partial charge in [-0.25, -0.2) is 4.79 Å². The molecule has 6 heteroatoms. The van der Waals surface area contributed by atoms with Crippen LogP contribution >= 0.6 is 12.4 Å². The van der Waals surface area contributed by atoms with Crippen LogP contribution < -0.4 is 11.1 Å². The van der Waals surface area contributed by atoms with Crippen LogP contribution in [-0.4, -0.2) is 25.5 Å². The summed E-state index contributed by atoms with van der Waals surface area (Å²) in [6.45, 7) is 0.302. The molecule has 150 valence electrons. The molecule has 0 aliphatic carbocycles. The molecule has 0 aliphatic rings. The Morgan fingerprint density at radius 3 is 2.07 bits per heavy atom. The number of rotatable bonds is 6. The number of methoxy groups -OCH3 is 1. The minimum Gasteiger partial charge on any atom is -0.465 e. The van der Waals surface area contributed by atoms with Gasteiger partial charge in [-0.2, -0.15) is 0 Å². The Morgan fingerprint density at radius 1 is 0.897 bits per heavy atom. The quantitative estimate of drug-likeness (QED) is 0.602. The topological polar surface area (TPSA) is 81.4 Å². The third kappa shape index (κ3) is 5.44. The van der Waals surface area contributed by atoms with Gasteiger partial charge in [-0.15, -0.1) is 12.4 Å². The first-order chi connectivity index (χ1) is 13.6. The zero-order valence-electron chi connectivity index (χ0n) is 16.0. The molecule has 0 bridgehead atoms. The zero-order chi connectivity index (χ0) is 19.9. The molecule has 1 atom stereocenters. The van der Waals surface area contributed by atoms with Gasteiger partial charge in [-0.1, -0.05) is 54.6 Å². The minimum absolute atomic E-state index is 0. The number of hydrogen-bond acceptors (Lipinski definition) is 4. The molecular weight excluding hydrogens is 388 g/mol. The maximum Gasteiger partial charge on any atom is 0.337 e. The Morgan fingerprint density at radius 2 is 1.48 bits per heavy atom. The predicted octanol–water partition coefficient (Wildman–Crippen LogP) is 3.99. The highest BCUT2D eigenvalue weighted by Gasteiger charge is 2.15. The van der Waals surface area contributed by atoms with Gasteiger partial charge in [0.15, 0.2) is 0 Å². The average molecular weight is 411 g/mol. The Kier molecular flexibility index (Phi) is 7.95. The lowest BCUT2D eigenvalue weighted by Crippen LogP contribution is -2.33. The molecule has 0 radical (unpaired) electrons. The van der Waals surface area contributed by atoms with Crippen LogP contribution in [0.1, 0.15) is 32.3 Å². The first-order valence-electron chi connectivity index (χ1n) is 8.97. The van der Waals surface area contributed by atoms with Crippen LogP contribution in [-0.2, 0) is 4.74 Å². The lowest BCUT2D eigenvalue weighted by molar-refractivity contribution is 0.0600. The number of halogens is 1. The number of benzene rings is 3. The van der Waals surface area contributed by atoms with Crippen LogP contribution in [0.5, 0.6) is 0 Å². The fourth-order valence-corrected chi connectivity index (χ4v) is 2.99. The molecular formula is C23H23ClN2O3. The van der Waals surface area contributed by atoms with Gasteiger partial charge in [0, 0.05) is 12.1 Å². The maximum atomic E-state index is 12.8. The molecule has 0 fully saturated rings. The van der Waals surface area contributed by atoms with E-state index >= 15 is 0 Å². The molecule has 0 unspecified atom stereocenters. The van der Waals surface area contributed by atoms with Gasteiger partial charge < -0.3 is 15.8 Å². The maximum absolute atomic E-state index is 12.8. The second-order valence-corrected chi connectivity index (χ2v) is 6.33. The predicted molar refractivity (Wildman–Crippen MR) is 116 cm³/mol. The van der Waals surface area contributed by atoms with Crippen LogP contribution in [0.25, 0.3) is 11.1 Å². The normalized spacial score (nSPS) is 11.1. The van der Waals surface area contributed by atoms with Crippen molar-refractivity contribution in [3.63, 3.8) is 0 Å². The van der Waals surface area contributed by atoms with E-state index < -0.39 is 5.97 Å². The fraction of sp³-hybridized carbons (Fsp3) is 0.130. The van der Waals surface area contributed by atoms with E-state index in [1.165, 1.54) is 7.11 Å². The minimum atomic E-state index is -0.399. The highest BCUT2D eigenvalue weighted by Crippen LogP contribution is 2.22. The van der Waals surface area contributed by atoms with Gasteiger partial charge in [0.2, 0.25) is 0 Å². The van der Waals surface area contributed by atoms with Gasteiger partial charge in [0.25, 0.3) is 5.91 Å². The van der Waals surface area contributed by atoms with Crippen molar-refractivity contribution < 1.29 is 14.3 Å². The van der Waals surface area contributed by atoms with Crippen molar-refractivity contribution in [2.24, 2.45) is 5.73 Å². The van der Waals surface area contributed by atoms with Crippen LogP contribution in [0.15, 0.2) is 78.9 Å². The molecule has 29 heavy (non-hydrogen) atoms. The summed E-state index contributed by atoms with van der Waals surface area (Å²) < 4.78 is 4.77. The number of ether oxygens (including phenoxy) is 1. The Labute approximate surface area is 176 Å². The molecule has 0 heterocycles. The lowest BCUT2D eigenvalue weighted by atomic mass is 10.0. The molecule has 0 aromatic heterocycles. The lowest BCUT2D eigenvalue weighted by Gasteiger charge is -2.17. The largest absolute Gasteiger partial charge is 0.465 e. The second-order valence-electron chi connectivity index (χ2n) is 6.33. The van der Waals surface area contributed by atoms with Gasteiger partial charge in [0.05, 0.1) is 18.7 Å². The van der Waals surface area contributed by atoms with E-state index in [0.717, 1.165) is 16.7 Å². The standard InChI is InChI=1S/C23H22N2O3.ClH/c1-28-23(27)20-12-6-10-18(14-20)17-9-5-11-19(13-17)22(26)25-21(15-24)16-7-3-2-4-8-16;/h2-14,21H,15,24H2,1H3,(H,25,26);1H/t21-;/m0./s1. The second kappa shape index (κ2) is 10.4. The van der Waals surface area contributed by atoms with Crippen LogP contribution in [0.4, 0.5) is 0 Å². The number of esters is 1. The number of carbonyl (C=O) groups is 2. The molecule has 5 nitrogen and oxygen atoms in total. The summed E-state index contributed by atoms with van der Waals surface area (Å²) in [5.41, 5.74) is 9.46. The molecule has 0 spiro atoms. The van der Waals surface area contributed by atoms with E-state index in [1.807, 2.05) is 48.5 Å². The van der Waals surface area contributed by atoms with Crippen molar-refractivity contribution in [1.82, 2.24) is 5.32 Å². The van der Waals surface area contributed by atoms with E-state index in [0.29, 0.717) is 17.7 Å². The Hall–Kier alpha value is -3.15. The number of amides is 1. The first-order valence-corrected chi connectivity index (χ1v) is 8.97. The monoisotopic (exact) mass is 410 g/mol. The van der Waals surface area contributed by atoms with Crippen molar-refractivity contribution >= 4 is 24.3 Å². The average Bonchev–Trinajstić information content (AvgIpc) is 2.77. The SMILES string of the molecule is COC(=O)c1cccc(-c2cccc(C(=O)N[C@@H](CN)c3ccccc3)c2)c1.Cl. The summed E-state index contributed by atoms with van der Waals surface area (Å²) in [6, 6.07) is 23.7. The molecule has 0 aliphatic heterocycles. The van der Waals surface area contributed by atoms with E-state index in [-0.39, 0.29) is 24.4 Å². The molecule has 1 amide bonds. The smallest absolute Gasteiger partial charge is 0.337 e. The van der Waals surface area contributed by atoms with Crippen LogP contribution in [0.3, 0.4) is 0 Å². The van der Waals surface area contributed by atoms with E-state index in [9.17, 15) is 9.59 Å². The van der Waals surface area contributed by atoms with Gasteiger partial charge >= 0.3 is 5.97 Å². The molecule has 3 rings (SSSR count). The summed E-state index contributed by atoms with van der Waals surface area (Å²) in [7, 11) is 1.35. The number of nitrogens with two attached hydrogens (primary N) is 1. The summed E-state index contributed by atoms with van der Waals surface area (Å²) in [4.78, 5) is 24.5. The van der Waals surface area contributed by atoms with Crippen molar-refractivity contribution in [2.45, 2.75) is 6.04 Å².